The number of halogens is 1. The van der Waals surface area contributed by atoms with Crippen molar-refractivity contribution in [2.75, 3.05) is 13.1 Å². The second-order valence-electron chi connectivity index (χ2n) is 8.62. The zero-order chi connectivity index (χ0) is 20.8. The topological polar surface area (TPSA) is 48.1 Å². The molecule has 4 nitrogen and oxygen atoms in total. The number of fused-ring (bicyclic) bond motifs is 2. The van der Waals surface area contributed by atoms with Crippen molar-refractivity contribution in [2.45, 2.75) is 32.4 Å². The summed E-state index contributed by atoms with van der Waals surface area (Å²) in [6, 6.07) is 17.3. The van der Waals surface area contributed by atoms with Gasteiger partial charge in [-0.05, 0) is 72.3 Å². The second-order valence-corrected chi connectivity index (χ2v) is 9.56. The Morgan fingerprint density at radius 3 is 2.62 bits per heavy atom. The third-order valence-electron chi connectivity index (χ3n) is 6.58. The van der Waals surface area contributed by atoms with E-state index in [1.807, 2.05) is 0 Å². The minimum atomic E-state index is 0. The van der Waals surface area contributed by atoms with Crippen LogP contribution in [0.15, 0.2) is 53.9 Å². The summed E-state index contributed by atoms with van der Waals surface area (Å²) >= 11 is 1.71. The quantitative estimate of drug-likeness (QED) is 0.377. The third kappa shape index (κ3) is 3.75. The lowest BCUT2D eigenvalue weighted by atomic mass is 9.95. The number of H-pyrrole nitrogens is 1. The second kappa shape index (κ2) is 8.74. The van der Waals surface area contributed by atoms with E-state index >= 15 is 0 Å². The first-order valence-electron chi connectivity index (χ1n) is 11.1. The molecule has 0 bridgehead atoms. The van der Waals surface area contributed by atoms with Crippen LogP contribution < -0.4 is 5.32 Å². The molecule has 2 aromatic carbocycles. The number of nitrogens with one attached hydrogen (secondary N) is 2. The van der Waals surface area contributed by atoms with Gasteiger partial charge in [-0.1, -0.05) is 30.7 Å². The summed E-state index contributed by atoms with van der Waals surface area (Å²) in [7, 11) is 0. The highest BCUT2D eigenvalue weighted by molar-refractivity contribution is 7.13. The minimum Gasteiger partial charge on any atom is -0.355 e. The van der Waals surface area contributed by atoms with E-state index in [9.17, 15) is 4.79 Å². The average Bonchev–Trinajstić information content (AvgIpc) is 3.54. The van der Waals surface area contributed by atoms with Gasteiger partial charge >= 0.3 is 0 Å². The Kier molecular flexibility index (Phi) is 5.80. The molecule has 6 rings (SSSR count). The Morgan fingerprint density at radius 2 is 1.81 bits per heavy atom. The number of aromatic amines is 1. The highest BCUT2D eigenvalue weighted by atomic mass is 35.5. The lowest BCUT2D eigenvalue weighted by Gasteiger charge is -2.26. The smallest absolute Gasteiger partial charge is 0.252 e. The number of hydrogen-bond donors (Lipinski definition) is 2. The van der Waals surface area contributed by atoms with Crippen LogP contribution in [0.1, 0.15) is 40.7 Å². The standard InChI is InChI=1S/C26H25N3OS.ClH/c30-26-25-20(8-7-19(21(25)15-27-26)24-5-4-12-31-24)23-14-18-13-17(6-9-22(18)28-23)16-29-10-2-1-3-11-29;/h4-9,12-14,28H,1-3,10-11,15-16H2,(H,27,30);1H. The molecule has 0 atom stereocenters. The number of nitrogens with zero attached hydrogens (tertiary/aromatic N) is 1. The molecule has 1 saturated heterocycles. The van der Waals surface area contributed by atoms with Crippen LogP contribution >= 0.6 is 23.7 Å². The SMILES string of the molecule is Cl.O=C1NCc2c(-c3cccs3)ccc(-c3cc4cc(CN5CCCCC5)ccc4[nH]3)c21. The van der Waals surface area contributed by atoms with Crippen molar-refractivity contribution in [3.8, 4) is 21.7 Å². The van der Waals surface area contributed by atoms with Crippen molar-refractivity contribution in [3.63, 3.8) is 0 Å². The number of aromatic nitrogens is 1. The number of piperidine rings is 1. The van der Waals surface area contributed by atoms with Gasteiger partial charge in [-0.2, -0.15) is 0 Å². The molecule has 0 unspecified atom stereocenters. The van der Waals surface area contributed by atoms with E-state index in [4.69, 9.17) is 0 Å². The number of hydrogen-bond acceptors (Lipinski definition) is 3. The maximum atomic E-state index is 12.7. The number of benzene rings is 2. The normalized spacial score (nSPS) is 16.1. The fourth-order valence-electron chi connectivity index (χ4n) is 5.04. The van der Waals surface area contributed by atoms with Crippen molar-refractivity contribution in [1.82, 2.24) is 15.2 Å². The maximum Gasteiger partial charge on any atom is 0.252 e. The van der Waals surface area contributed by atoms with Crippen LogP contribution in [0.2, 0.25) is 0 Å². The van der Waals surface area contributed by atoms with Crippen LogP contribution in [0.3, 0.4) is 0 Å². The monoisotopic (exact) mass is 463 g/mol. The number of rotatable bonds is 4. The summed E-state index contributed by atoms with van der Waals surface area (Å²) in [5, 5.41) is 6.32. The molecule has 0 aliphatic carbocycles. The summed E-state index contributed by atoms with van der Waals surface area (Å²) in [6.45, 7) is 4.02. The molecule has 2 aliphatic heterocycles. The largest absolute Gasteiger partial charge is 0.355 e. The molecule has 164 valence electrons. The predicted molar refractivity (Wildman–Crippen MR) is 135 cm³/mol. The van der Waals surface area contributed by atoms with Gasteiger partial charge in [0.05, 0.1) is 5.56 Å². The van der Waals surface area contributed by atoms with Gasteiger partial charge in [0.1, 0.15) is 0 Å². The van der Waals surface area contributed by atoms with Gasteiger partial charge in [0, 0.05) is 40.1 Å². The molecule has 6 heteroatoms. The van der Waals surface area contributed by atoms with Crippen LogP contribution in [0, 0.1) is 0 Å². The van der Waals surface area contributed by atoms with E-state index in [0.29, 0.717) is 6.54 Å². The summed E-state index contributed by atoms with van der Waals surface area (Å²) in [5.41, 5.74) is 7.55. The molecule has 4 aromatic rings. The van der Waals surface area contributed by atoms with Crippen LogP contribution in [0.25, 0.3) is 32.6 Å². The molecule has 2 aliphatic rings. The van der Waals surface area contributed by atoms with Gasteiger partial charge in [-0.15, -0.1) is 23.7 Å². The average molecular weight is 464 g/mol. The van der Waals surface area contributed by atoms with Crippen LogP contribution in [0.4, 0.5) is 0 Å². The van der Waals surface area contributed by atoms with Crippen molar-refractivity contribution in [3.05, 3.63) is 70.6 Å². The highest BCUT2D eigenvalue weighted by Crippen LogP contribution is 2.38. The molecule has 2 N–H and O–H groups in total. The predicted octanol–water partition coefficient (Wildman–Crippen LogP) is 6.21. The van der Waals surface area contributed by atoms with Crippen LogP contribution in [0.5, 0.6) is 0 Å². The Labute approximate surface area is 198 Å². The van der Waals surface area contributed by atoms with Crippen LogP contribution in [-0.4, -0.2) is 28.9 Å². The number of thiophene rings is 1. The summed E-state index contributed by atoms with van der Waals surface area (Å²) in [5.74, 6) is 0.0212. The molecule has 1 amide bonds. The Bertz CT molecular complexity index is 1270. The summed E-state index contributed by atoms with van der Waals surface area (Å²) in [6.07, 6.45) is 3.98. The third-order valence-corrected chi connectivity index (χ3v) is 7.49. The van der Waals surface area contributed by atoms with Gasteiger partial charge in [-0.25, -0.2) is 0 Å². The molecule has 32 heavy (non-hydrogen) atoms. The first-order chi connectivity index (χ1) is 15.3. The van der Waals surface area contributed by atoms with Gasteiger partial charge in [0.2, 0.25) is 0 Å². The first-order valence-corrected chi connectivity index (χ1v) is 12.0. The molecular formula is C26H26ClN3OS. The zero-order valence-electron chi connectivity index (χ0n) is 17.8. The van der Waals surface area contributed by atoms with Gasteiger partial charge < -0.3 is 10.3 Å². The van der Waals surface area contributed by atoms with Crippen molar-refractivity contribution >= 4 is 40.6 Å². The molecule has 1 fully saturated rings. The molecule has 0 spiro atoms. The van der Waals surface area contributed by atoms with Crippen molar-refractivity contribution < 1.29 is 4.79 Å². The minimum absolute atomic E-state index is 0. The van der Waals surface area contributed by atoms with E-state index in [1.54, 1.807) is 11.3 Å². The zero-order valence-corrected chi connectivity index (χ0v) is 19.5. The van der Waals surface area contributed by atoms with E-state index in [2.05, 4.69) is 69.1 Å². The summed E-state index contributed by atoms with van der Waals surface area (Å²) in [4.78, 5) is 20.1. The summed E-state index contributed by atoms with van der Waals surface area (Å²) < 4.78 is 0. The van der Waals surface area contributed by atoms with E-state index in [1.165, 1.54) is 48.2 Å². The van der Waals surface area contributed by atoms with E-state index in [0.717, 1.165) is 40.0 Å². The van der Waals surface area contributed by atoms with Gasteiger partial charge in [0.15, 0.2) is 0 Å². The number of carbonyl (C=O) groups excluding carboxylic acids is 1. The number of amides is 1. The molecule has 2 aromatic heterocycles. The number of likely N-dealkylation sites (tertiary alicyclic amines) is 1. The Morgan fingerprint density at radius 1 is 0.969 bits per heavy atom. The molecule has 0 radical (unpaired) electrons. The molecule has 4 heterocycles. The lowest BCUT2D eigenvalue weighted by molar-refractivity contribution is 0.0966. The molecule has 0 saturated carbocycles. The van der Waals surface area contributed by atoms with E-state index in [-0.39, 0.29) is 18.3 Å². The fourth-order valence-corrected chi connectivity index (χ4v) is 5.82. The number of carbonyl (C=O) groups is 1. The fraction of sp³-hybridized carbons (Fsp3) is 0.269. The van der Waals surface area contributed by atoms with E-state index < -0.39 is 0 Å². The highest BCUT2D eigenvalue weighted by Gasteiger charge is 2.27. The molecular weight excluding hydrogens is 438 g/mol. The first kappa shape index (κ1) is 21.3. The van der Waals surface area contributed by atoms with Crippen molar-refractivity contribution in [1.29, 1.82) is 0 Å². The maximum absolute atomic E-state index is 12.7. The Hall–Kier alpha value is -2.60. The van der Waals surface area contributed by atoms with Gasteiger partial charge in [0.25, 0.3) is 5.91 Å². The van der Waals surface area contributed by atoms with Crippen LogP contribution in [-0.2, 0) is 13.1 Å². The lowest BCUT2D eigenvalue weighted by Crippen LogP contribution is -2.28. The van der Waals surface area contributed by atoms with Gasteiger partial charge in [-0.3, -0.25) is 9.69 Å². The Balaban J connectivity index is 0.00000216. The van der Waals surface area contributed by atoms with Crippen molar-refractivity contribution in [2.24, 2.45) is 0 Å².